The molecule has 0 saturated carbocycles. The molecule has 0 saturated heterocycles. The van der Waals surface area contributed by atoms with Crippen LogP contribution >= 0.6 is 0 Å². The maximum absolute atomic E-state index is 4.01. The lowest BCUT2D eigenvalue weighted by Gasteiger charge is -2.25. The van der Waals surface area contributed by atoms with Gasteiger partial charge >= 0.3 is 0 Å². The average molecular weight is 165 g/mol. The van der Waals surface area contributed by atoms with Crippen LogP contribution in [-0.2, 0) is 0 Å². The van der Waals surface area contributed by atoms with Crippen LogP contribution in [0.2, 0.25) is 0 Å². The molecule has 0 aromatic heterocycles. The fourth-order valence-electron chi connectivity index (χ4n) is 0.895. The first-order valence-corrected chi connectivity index (χ1v) is 4.27. The summed E-state index contributed by atoms with van der Waals surface area (Å²) in [5.41, 5.74) is 2.09. The first-order valence-electron chi connectivity index (χ1n) is 4.27. The summed E-state index contributed by atoms with van der Waals surface area (Å²) in [6, 6.07) is 0. The van der Waals surface area contributed by atoms with Crippen LogP contribution in [-0.4, -0.2) is 4.90 Å². The predicted octanol–water partition coefficient (Wildman–Crippen LogP) is 3.53. The Hall–Kier alpha value is -0.980. The van der Waals surface area contributed by atoms with Gasteiger partial charge in [-0.25, -0.2) is 0 Å². The highest BCUT2D eigenvalue weighted by atomic mass is 15.1. The molecular formula is C11H19N. The monoisotopic (exact) mass is 165 g/mol. The third-order valence-electron chi connectivity index (χ3n) is 1.69. The normalized spacial score (nSPS) is 10.8. The molecule has 0 aromatic rings. The minimum absolute atomic E-state index is 0.456. The van der Waals surface area contributed by atoms with E-state index in [1.807, 2.05) is 31.0 Å². The zero-order chi connectivity index (χ0) is 9.72. The van der Waals surface area contributed by atoms with E-state index in [0.717, 1.165) is 11.4 Å². The number of hydrogen-bond acceptors (Lipinski definition) is 1. The van der Waals surface area contributed by atoms with Gasteiger partial charge in [0.15, 0.2) is 0 Å². The molecular weight excluding hydrogens is 146 g/mol. The Kier molecular flexibility index (Phi) is 4.42. The van der Waals surface area contributed by atoms with Crippen molar-refractivity contribution >= 4 is 0 Å². The molecule has 68 valence electrons. The second-order valence-electron chi connectivity index (χ2n) is 3.23. The van der Waals surface area contributed by atoms with Crippen molar-refractivity contribution in [1.82, 2.24) is 4.90 Å². The summed E-state index contributed by atoms with van der Waals surface area (Å²) >= 11 is 0. The summed E-state index contributed by atoms with van der Waals surface area (Å²) in [6.07, 6.45) is 3.98. The Balaban J connectivity index is 4.52. The van der Waals surface area contributed by atoms with Crippen LogP contribution in [0.3, 0.4) is 0 Å². The van der Waals surface area contributed by atoms with E-state index in [4.69, 9.17) is 0 Å². The van der Waals surface area contributed by atoms with Gasteiger partial charge in [-0.15, -0.1) is 0 Å². The summed E-state index contributed by atoms with van der Waals surface area (Å²) in [4.78, 5) is 2.02. The minimum atomic E-state index is 0.456. The van der Waals surface area contributed by atoms with Gasteiger partial charge < -0.3 is 4.90 Å². The van der Waals surface area contributed by atoms with Crippen LogP contribution < -0.4 is 0 Å². The SMILES string of the molecule is C=C(C)N(C=CC)C(=C)C(C)C. The molecule has 0 spiro atoms. The van der Waals surface area contributed by atoms with Crippen molar-refractivity contribution in [3.63, 3.8) is 0 Å². The van der Waals surface area contributed by atoms with Gasteiger partial charge in [0.2, 0.25) is 0 Å². The molecule has 0 aliphatic carbocycles. The standard InChI is InChI=1S/C11H19N/c1-7-8-12(10(4)5)11(6)9(2)3/h7-9H,4,6H2,1-3,5H3. The molecule has 0 unspecified atom stereocenters. The van der Waals surface area contributed by atoms with Crippen molar-refractivity contribution in [2.24, 2.45) is 5.92 Å². The van der Waals surface area contributed by atoms with Crippen molar-refractivity contribution < 1.29 is 0 Å². The van der Waals surface area contributed by atoms with E-state index in [0.29, 0.717) is 5.92 Å². The summed E-state index contributed by atoms with van der Waals surface area (Å²) in [7, 11) is 0. The summed E-state index contributed by atoms with van der Waals surface area (Å²) in [6.45, 7) is 16.1. The van der Waals surface area contributed by atoms with E-state index in [2.05, 4.69) is 27.0 Å². The highest BCUT2D eigenvalue weighted by Crippen LogP contribution is 2.17. The third-order valence-corrected chi connectivity index (χ3v) is 1.69. The Morgan fingerprint density at radius 3 is 2.08 bits per heavy atom. The fourth-order valence-corrected chi connectivity index (χ4v) is 0.895. The molecule has 0 aromatic carbocycles. The molecule has 0 heterocycles. The van der Waals surface area contributed by atoms with Crippen LogP contribution in [0.15, 0.2) is 36.8 Å². The predicted molar refractivity (Wildman–Crippen MR) is 55.4 cm³/mol. The van der Waals surface area contributed by atoms with E-state index in [1.54, 1.807) is 0 Å². The Morgan fingerprint density at radius 2 is 1.83 bits per heavy atom. The second kappa shape index (κ2) is 4.81. The molecule has 0 radical (unpaired) electrons. The first-order chi connectivity index (χ1) is 5.50. The number of rotatable bonds is 4. The lowest BCUT2D eigenvalue weighted by atomic mass is 10.1. The Bertz CT molecular complexity index is 199. The quantitative estimate of drug-likeness (QED) is 0.616. The van der Waals surface area contributed by atoms with Crippen LogP contribution in [0.1, 0.15) is 27.7 Å². The smallest absolute Gasteiger partial charge is 0.0176 e. The van der Waals surface area contributed by atoms with Crippen LogP contribution in [0.4, 0.5) is 0 Å². The van der Waals surface area contributed by atoms with Gasteiger partial charge in [-0.3, -0.25) is 0 Å². The number of allylic oxidation sites excluding steroid dienone is 3. The zero-order valence-corrected chi connectivity index (χ0v) is 8.59. The zero-order valence-electron chi connectivity index (χ0n) is 8.59. The summed E-state index contributed by atoms with van der Waals surface area (Å²) < 4.78 is 0. The van der Waals surface area contributed by atoms with Gasteiger partial charge in [0.1, 0.15) is 0 Å². The van der Waals surface area contributed by atoms with Crippen LogP contribution in [0.25, 0.3) is 0 Å². The lowest BCUT2D eigenvalue weighted by molar-refractivity contribution is 0.499. The minimum Gasteiger partial charge on any atom is -0.326 e. The van der Waals surface area contributed by atoms with Crippen LogP contribution in [0.5, 0.6) is 0 Å². The highest BCUT2D eigenvalue weighted by Gasteiger charge is 2.07. The molecule has 0 atom stereocenters. The third kappa shape index (κ3) is 2.95. The van der Waals surface area contributed by atoms with Gasteiger partial charge in [0.25, 0.3) is 0 Å². The van der Waals surface area contributed by atoms with Crippen molar-refractivity contribution in [2.75, 3.05) is 0 Å². The first kappa shape index (κ1) is 11.0. The number of nitrogens with zero attached hydrogens (tertiary/aromatic N) is 1. The van der Waals surface area contributed by atoms with E-state index >= 15 is 0 Å². The molecule has 0 bridgehead atoms. The Morgan fingerprint density at radius 1 is 1.33 bits per heavy atom. The largest absolute Gasteiger partial charge is 0.326 e. The van der Waals surface area contributed by atoms with Crippen molar-refractivity contribution in [3.8, 4) is 0 Å². The maximum Gasteiger partial charge on any atom is 0.0176 e. The van der Waals surface area contributed by atoms with Crippen molar-refractivity contribution in [3.05, 3.63) is 36.8 Å². The molecule has 12 heavy (non-hydrogen) atoms. The van der Waals surface area contributed by atoms with Gasteiger partial charge in [0.05, 0.1) is 0 Å². The summed E-state index contributed by atoms with van der Waals surface area (Å²) in [5, 5.41) is 0. The van der Waals surface area contributed by atoms with Gasteiger partial charge in [0, 0.05) is 17.6 Å². The average Bonchev–Trinajstić information content (AvgIpc) is 1.98. The van der Waals surface area contributed by atoms with E-state index in [-0.39, 0.29) is 0 Å². The fraction of sp³-hybridized carbons (Fsp3) is 0.455. The van der Waals surface area contributed by atoms with Gasteiger partial charge in [-0.2, -0.15) is 0 Å². The van der Waals surface area contributed by atoms with Gasteiger partial charge in [-0.1, -0.05) is 33.1 Å². The maximum atomic E-state index is 4.01. The Labute approximate surface area is 76.1 Å². The molecule has 1 nitrogen and oxygen atoms in total. The molecule has 1 heteroatoms. The number of hydrogen-bond donors (Lipinski definition) is 0. The van der Waals surface area contributed by atoms with E-state index in [1.165, 1.54) is 0 Å². The van der Waals surface area contributed by atoms with E-state index in [9.17, 15) is 0 Å². The second-order valence-corrected chi connectivity index (χ2v) is 3.23. The molecule has 0 fully saturated rings. The summed E-state index contributed by atoms with van der Waals surface area (Å²) in [5.74, 6) is 0.456. The molecule has 0 rings (SSSR count). The van der Waals surface area contributed by atoms with Crippen LogP contribution in [0, 0.1) is 5.92 Å². The molecule has 0 amide bonds. The van der Waals surface area contributed by atoms with Gasteiger partial charge in [-0.05, 0) is 19.8 Å². The van der Waals surface area contributed by atoms with Crippen molar-refractivity contribution in [1.29, 1.82) is 0 Å². The molecule has 0 aliphatic rings. The molecule has 0 N–H and O–H groups in total. The van der Waals surface area contributed by atoms with E-state index < -0.39 is 0 Å². The van der Waals surface area contributed by atoms with Crippen molar-refractivity contribution in [2.45, 2.75) is 27.7 Å². The lowest BCUT2D eigenvalue weighted by Crippen LogP contribution is -2.16. The molecule has 0 aliphatic heterocycles. The topological polar surface area (TPSA) is 3.24 Å². The highest BCUT2D eigenvalue weighted by molar-refractivity contribution is 5.12.